The molecule has 0 spiro atoms. The number of aliphatic imine (C=N–C) groups is 1. The Labute approximate surface area is 83.1 Å². The van der Waals surface area contributed by atoms with Gasteiger partial charge in [-0.15, -0.1) is 0 Å². The van der Waals surface area contributed by atoms with Gasteiger partial charge in [-0.25, -0.2) is 0 Å². The van der Waals surface area contributed by atoms with Gasteiger partial charge in [-0.2, -0.15) is 0 Å². The molecule has 0 aromatic carbocycles. The highest BCUT2D eigenvalue weighted by atomic mass is 16.6. The van der Waals surface area contributed by atoms with Crippen molar-refractivity contribution in [2.75, 3.05) is 7.11 Å². The molecule has 3 heteroatoms. The summed E-state index contributed by atoms with van der Waals surface area (Å²) in [5, 5.41) is 9.87. The van der Waals surface area contributed by atoms with E-state index in [9.17, 15) is 5.11 Å². The Balaban J connectivity index is 2.47. The van der Waals surface area contributed by atoms with E-state index in [1.54, 1.807) is 18.2 Å². The van der Waals surface area contributed by atoms with E-state index in [4.69, 9.17) is 4.74 Å². The maximum absolute atomic E-state index is 9.87. The summed E-state index contributed by atoms with van der Waals surface area (Å²) in [6.07, 6.45) is 5.08. The highest BCUT2D eigenvalue weighted by molar-refractivity contribution is 6.14. The van der Waals surface area contributed by atoms with E-state index in [1.165, 1.54) is 7.11 Å². The lowest BCUT2D eigenvalue weighted by atomic mass is 9.96. The van der Waals surface area contributed by atoms with Crippen LogP contribution in [0.15, 0.2) is 40.1 Å². The molecule has 0 aromatic rings. The lowest BCUT2D eigenvalue weighted by Gasteiger charge is -2.23. The van der Waals surface area contributed by atoms with Crippen LogP contribution in [-0.4, -0.2) is 23.7 Å². The number of hydrogen-bond acceptors (Lipinski definition) is 3. The van der Waals surface area contributed by atoms with Gasteiger partial charge in [0.05, 0.1) is 5.71 Å². The van der Waals surface area contributed by atoms with Crippen molar-refractivity contribution >= 4 is 5.71 Å². The van der Waals surface area contributed by atoms with Crippen LogP contribution in [0.4, 0.5) is 0 Å². The van der Waals surface area contributed by atoms with Crippen molar-refractivity contribution in [2.24, 2.45) is 4.99 Å². The monoisotopic (exact) mass is 191 g/mol. The van der Waals surface area contributed by atoms with E-state index >= 15 is 0 Å². The maximum Gasteiger partial charge on any atom is 0.206 e. The van der Waals surface area contributed by atoms with Crippen molar-refractivity contribution < 1.29 is 9.84 Å². The fourth-order valence-electron chi connectivity index (χ4n) is 1.60. The molecule has 1 unspecified atom stereocenters. The standard InChI is InChI=1S/C11H13NO2/c1-7-8(2)12-10-4-5-11(13,14-3)6-9(7)10/h4-6,13H,1-3H3. The van der Waals surface area contributed by atoms with Crippen LogP contribution in [0.5, 0.6) is 0 Å². The summed E-state index contributed by atoms with van der Waals surface area (Å²) in [6, 6.07) is 0. The van der Waals surface area contributed by atoms with Crippen LogP contribution in [-0.2, 0) is 4.74 Å². The smallest absolute Gasteiger partial charge is 0.206 e. The van der Waals surface area contributed by atoms with Crippen LogP contribution >= 0.6 is 0 Å². The van der Waals surface area contributed by atoms with Gasteiger partial charge in [0.2, 0.25) is 5.79 Å². The number of rotatable bonds is 1. The molecule has 2 rings (SSSR count). The van der Waals surface area contributed by atoms with Crippen LogP contribution in [0.1, 0.15) is 13.8 Å². The van der Waals surface area contributed by atoms with Gasteiger partial charge in [0, 0.05) is 18.4 Å². The lowest BCUT2D eigenvalue weighted by molar-refractivity contribution is -0.106. The van der Waals surface area contributed by atoms with Gasteiger partial charge in [-0.3, -0.25) is 4.99 Å². The fourth-order valence-corrected chi connectivity index (χ4v) is 1.60. The Morgan fingerprint density at radius 2 is 2.14 bits per heavy atom. The molecular formula is C11H13NO2. The first kappa shape index (κ1) is 9.37. The normalized spacial score (nSPS) is 30.3. The molecule has 1 aliphatic heterocycles. The van der Waals surface area contributed by atoms with Gasteiger partial charge in [-0.05, 0) is 37.6 Å². The Kier molecular flexibility index (Phi) is 1.94. The van der Waals surface area contributed by atoms with E-state index < -0.39 is 5.79 Å². The summed E-state index contributed by atoms with van der Waals surface area (Å²) in [4.78, 5) is 4.37. The number of hydrogen-bond donors (Lipinski definition) is 1. The van der Waals surface area contributed by atoms with Gasteiger partial charge in [-0.1, -0.05) is 0 Å². The van der Waals surface area contributed by atoms with E-state index in [2.05, 4.69) is 4.99 Å². The minimum atomic E-state index is -1.28. The zero-order valence-corrected chi connectivity index (χ0v) is 8.53. The predicted molar refractivity (Wildman–Crippen MR) is 55.0 cm³/mol. The molecule has 0 amide bonds. The second-order valence-electron chi connectivity index (χ2n) is 3.55. The number of ether oxygens (including phenoxy) is 1. The van der Waals surface area contributed by atoms with E-state index in [0.29, 0.717) is 0 Å². The van der Waals surface area contributed by atoms with Crippen LogP contribution < -0.4 is 0 Å². The minimum Gasteiger partial charge on any atom is -0.359 e. The number of aliphatic hydroxyl groups is 1. The molecule has 74 valence electrons. The Bertz CT molecular complexity index is 402. The molecule has 0 fully saturated rings. The molecule has 0 radical (unpaired) electrons. The van der Waals surface area contributed by atoms with E-state index in [1.807, 2.05) is 13.8 Å². The average Bonchev–Trinajstić information content (AvgIpc) is 2.44. The average molecular weight is 191 g/mol. The highest BCUT2D eigenvalue weighted by Crippen LogP contribution is 2.31. The first-order valence-electron chi connectivity index (χ1n) is 4.52. The number of methoxy groups -OCH3 is 1. The quantitative estimate of drug-likeness (QED) is 0.639. The molecule has 0 bridgehead atoms. The largest absolute Gasteiger partial charge is 0.359 e. The molecule has 14 heavy (non-hydrogen) atoms. The van der Waals surface area contributed by atoms with Crippen molar-refractivity contribution in [1.29, 1.82) is 0 Å². The van der Waals surface area contributed by atoms with Crippen molar-refractivity contribution in [2.45, 2.75) is 19.6 Å². The summed E-state index contributed by atoms with van der Waals surface area (Å²) < 4.78 is 4.99. The molecule has 0 saturated carbocycles. The third-order valence-electron chi connectivity index (χ3n) is 2.67. The summed E-state index contributed by atoms with van der Waals surface area (Å²) in [5.41, 5.74) is 3.96. The van der Waals surface area contributed by atoms with Gasteiger partial charge in [0.25, 0.3) is 0 Å². The molecule has 1 aliphatic carbocycles. The molecule has 3 nitrogen and oxygen atoms in total. The zero-order chi connectivity index (χ0) is 10.3. The molecule has 2 aliphatic rings. The Hall–Kier alpha value is -1.19. The van der Waals surface area contributed by atoms with Crippen LogP contribution in [0.2, 0.25) is 0 Å². The highest BCUT2D eigenvalue weighted by Gasteiger charge is 2.29. The van der Waals surface area contributed by atoms with Crippen molar-refractivity contribution in [3.05, 3.63) is 35.1 Å². The lowest BCUT2D eigenvalue weighted by Crippen LogP contribution is -2.29. The maximum atomic E-state index is 9.87. The second-order valence-corrected chi connectivity index (χ2v) is 3.55. The summed E-state index contributed by atoms with van der Waals surface area (Å²) in [7, 11) is 1.48. The van der Waals surface area contributed by atoms with Crippen molar-refractivity contribution in [3.63, 3.8) is 0 Å². The van der Waals surface area contributed by atoms with Crippen LogP contribution in [0, 0.1) is 0 Å². The molecule has 1 heterocycles. The minimum absolute atomic E-state index is 0.904. The summed E-state index contributed by atoms with van der Waals surface area (Å²) in [5.74, 6) is -1.28. The molecule has 1 N–H and O–H groups in total. The molecule has 0 aromatic heterocycles. The van der Waals surface area contributed by atoms with Crippen molar-refractivity contribution in [1.82, 2.24) is 0 Å². The third kappa shape index (κ3) is 1.25. The van der Waals surface area contributed by atoms with Crippen LogP contribution in [0.25, 0.3) is 0 Å². The fraction of sp³-hybridized carbons (Fsp3) is 0.364. The second kappa shape index (κ2) is 2.90. The predicted octanol–water partition coefficient (Wildman–Crippen LogP) is 1.57. The number of allylic oxidation sites excluding steroid dienone is 4. The topological polar surface area (TPSA) is 41.8 Å². The Morgan fingerprint density at radius 1 is 1.43 bits per heavy atom. The third-order valence-corrected chi connectivity index (χ3v) is 2.67. The summed E-state index contributed by atoms with van der Waals surface area (Å²) in [6.45, 7) is 3.95. The van der Waals surface area contributed by atoms with Gasteiger partial charge in [0.1, 0.15) is 0 Å². The SMILES string of the molecule is COC1(O)C=CC2=NC(C)=C(C)C2=C1. The van der Waals surface area contributed by atoms with E-state index in [0.717, 1.165) is 22.6 Å². The molecule has 1 atom stereocenters. The molecular weight excluding hydrogens is 178 g/mol. The zero-order valence-electron chi connectivity index (χ0n) is 8.53. The van der Waals surface area contributed by atoms with Gasteiger partial charge >= 0.3 is 0 Å². The van der Waals surface area contributed by atoms with Crippen molar-refractivity contribution in [3.8, 4) is 0 Å². The van der Waals surface area contributed by atoms with E-state index in [-0.39, 0.29) is 0 Å². The number of fused-ring (bicyclic) bond motifs is 1. The number of nitrogens with zero attached hydrogens (tertiary/aromatic N) is 1. The first-order chi connectivity index (χ1) is 6.56. The Morgan fingerprint density at radius 3 is 2.79 bits per heavy atom. The van der Waals surface area contributed by atoms with Gasteiger partial charge in [0.15, 0.2) is 0 Å². The summed E-state index contributed by atoms with van der Waals surface area (Å²) >= 11 is 0. The van der Waals surface area contributed by atoms with Crippen LogP contribution in [0.3, 0.4) is 0 Å². The first-order valence-corrected chi connectivity index (χ1v) is 4.52. The van der Waals surface area contributed by atoms with Gasteiger partial charge < -0.3 is 9.84 Å². The molecule has 0 saturated heterocycles.